The van der Waals surface area contributed by atoms with Crippen LogP contribution in [0.5, 0.6) is 11.5 Å². The molecule has 0 saturated carbocycles. The minimum Gasteiger partial charge on any atom is -0.450 e. The molecule has 1 unspecified atom stereocenters. The number of nitro benzene ring substituents is 1. The third kappa shape index (κ3) is 3.81. The maximum atomic E-state index is 12.9. The van der Waals surface area contributed by atoms with Gasteiger partial charge in [0.2, 0.25) is 15.8 Å². The summed E-state index contributed by atoms with van der Waals surface area (Å²) in [6.45, 7) is 2.83. The zero-order valence-electron chi connectivity index (χ0n) is 15.7. The fourth-order valence-electron chi connectivity index (χ4n) is 3.51. The Morgan fingerprint density at radius 2 is 2.10 bits per heavy atom. The van der Waals surface area contributed by atoms with Gasteiger partial charge in [0.25, 0.3) is 0 Å². The Morgan fingerprint density at radius 1 is 1.28 bits per heavy atom. The van der Waals surface area contributed by atoms with Crippen LogP contribution in [-0.2, 0) is 10.0 Å². The zero-order valence-corrected chi connectivity index (χ0v) is 16.6. The number of fused-ring (bicyclic) bond motifs is 1. The van der Waals surface area contributed by atoms with Crippen LogP contribution in [0.15, 0.2) is 47.5 Å². The van der Waals surface area contributed by atoms with Crippen molar-refractivity contribution in [2.45, 2.75) is 24.7 Å². The molecule has 4 rings (SSSR count). The number of benzene rings is 2. The van der Waals surface area contributed by atoms with E-state index >= 15 is 0 Å². The highest BCUT2D eigenvalue weighted by atomic mass is 32.2. The first-order chi connectivity index (χ1) is 13.8. The lowest BCUT2D eigenvalue weighted by Gasteiger charge is -2.30. The second kappa shape index (κ2) is 7.45. The summed E-state index contributed by atoms with van der Waals surface area (Å²) in [6, 6.07) is 8.86. The van der Waals surface area contributed by atoms with Gasteiger partial charge in [-0.1, -0.05) is 6.92 Å². The van der Waals surface area contributed by atoms with Gasteiger partial charge in [-0.25, -0.2) is 8.42 Å². The molecule has 0 bridgehead atoms. The predicted octanol–water partition coefficient (Wildman–Crippen LogP) is 3.68. The number of hydrogen-bond acceptors (Lipinski definition) is 6. The average Bonchev–Trinajstić information content (AvgIpc) is 3.16. The lowest BCUT2D eigenvalue weighted by atomic mass is 10.0. The van der Waals surface area contributed by atoms with E-state index in [1.165, 1.54) is 16.4 Å². The van der Waals surface area contributed by atoms with Crippen LogP contribution in [0.2, 0.25) is 0 Å². The molecule has 3 aromatic rings. The highest BCUT2D eigenvalue weighted by Crippen LogP contribution is 2.35. The largest absolute Gasteiger partial charge is 0.450 e. The van der Waals surface area contributed by atoms with Crippen LogP contribution in [0.25, 0.3) is 10.9 Å². The highest BCUT2D eigenvalue weighted by molar-refractivity contribution is 7.89. The predicted molar refractivity (Wildman–Crippen MR) is 106 cm³/mol. The molecule has 2 aromatic carbocycles. The second-order valence-corrected chi connectivity index (χ2v) is 9.16. The molecule has 2 heterocycles. The highest BCUT2D eigenvalue weighted by Gasteiger charge is 2.31. The van der Waals surface area contributed by atoms with Crippen LogP contribution >= 0.6 is 0 Å². The number of H-pyrrole nitrogens is 1. The summed E-state index contributed by atoms with van der Waals surface area (Å²) in [5.74, 6) is 0.610. The van der Waals surface area contributed by atoms with Gasteiger partial charge in [0.1, 0.15) is 5.75 Å². The van der Waals surface area contributed by atoms with Crippen LogP contribution in [0.3, 0.4) is 0 Å². The molecule has 1 aliphatic heterocycles. The van der Waals surface area contributed by atoms with Crippen molar-refractivity contribution in [3.63, 3.8) is 0 Å². The number of ether oxygens (including phenoxy) is 1. The van der Waals surface area contributed by atoms with E-state index in [9.17, 15) is 18.5 Å². The van der Waals surface area contributed by atoms with Gasteiger partial charge in [0, 0.05) is 30.6 Å². The van der Waals surface area contributed by atoms with Crippen molar-refractivity contribution in [3.05, 3.63) is 52.7 Å². The van der Waals surface area contributed by atoms with Gasteiger partial charge in [-0.3, -0.25) is 15.2 Å². The number of nitrogens with zero attached hydrogens (tertiary/aromatic N) is 3. The van der Waals surface area contributed by atoms with Gasteiger partial charge in [-0.15, -0.1) is 0 Å². The van der Waals surface area contributed by atoms with Gasteiger partial charge in [-0.05, 0) is 43.0 Å². The van der Waals surface area contributed by atoms with Gasteiger partial charge < -0.3 is 4.74 Å². The van der Waals surface area contributed by atoms with Crippen molar-refractivity contribution < 1.29 is 18.1 Å². The SMILES string of the molecule is CC1CCCN(S(=O)(=O)c2ccc(Oc3ccc4cn[nH]c4c3)c([N+](=O)[O-])c2)C1. The van der Waals surface area contributed by atoms with Crippen molar-refractivity contribution in [1.82, 2.24) is 14.5 Å². The van der Waals surface area contributed by atoms with E-state index in [0.717, 1.165) is 29.8 Å². The fourth-order valence-corrected chi connectivity index (χ4v) is 5.13. The minimum atomic E-state index is -3.80. The Balaban J connectivity index is 1.67. The Bertz CT molecular complexity index is 1170. The van der Waals surface area contributed by atoms with Crippen molar-refractivity contribution in [3.8, 4) is 11.5 Å². The van der Waals surface area contributed by atoms with Crippen LogP contribution in [0.1, 0.15) is 19.8 Å². The van der Waals surface area contributed by atoms with E-state index in [1.54, 1.807) is 24.4 Å². The van der Waals surface area contributed by atoms with E-state index in [2.05, 4.69) is 10.2 Å². The first-order valence-electron chi connectivity index (χ1n) is 9.24. The van der Waals surface area contributed by atoms with Crippen molar-refractivity contribution >= 4 is 26.6 Å². The Morgan fingerprint density at radius 3 is 2.86 bits per heavy atom. The molecule has 1 fully saturated rings. The topological polar surface area (TPSA) is 118 Å². The number of aromatic amines is 1. The van der Waals surface area contributed by atoms with Crippen molar-refractivity contribution in [1.29, 1.82) is 0 Å². The summed E-state index contributed by atoms with van der Waals surface area (Å²) in [5, 5.41) is 19.2. The zero-order chi connectivity index (χ0) is 20.6. The van der Waals surface area contributed by atoms with Gasteiger partial charge >= 0.3 is 5.69 Å². The molecule has 0 aliphatic carbocycles. The molecule has 1 saturated heterocycles. The first-order valence-corrected chi connectivity index (χ1v) is 10.7. The Hall–Kier alpha value is -2.98. The number of nitrogens with one attached hydrogen (secondary N) is 1. The van der Waals surface area contributed by atoms with Crippen LogP contribution in [0, 0.1) is 16.0 Å². The monoisotopic (exact) mass is 416 g/mol. The van der Waals surface area contributed by atoms with Gasteiger partial charge in [0.15, 0.2) is 0 Å². The third-order valence-electron chi connectivity index (χ3n) is 5.03. The van der Waals surface area contributed by atoms with Crippen LogP contribution in [0.4, 0.5) is 5.69 Å². The Kier molecular flexibility index (Phi) is 4.97. The fraction of sp³-hybridized carbons (Fsp3) is 0.316. The molecule has 9 nitrogen and oxygen atoms in total. The number of nitro groups is 1. The molecule has 0 radical (unpaired) electrons. The smallest absolute Gasteiger partial charge is 0.312 e. The quantitative estimate of drug-likeness (QED) is 0.501. The molecule has 10 heteroatoms. The second-order valence-electron chi connectivity index (χ2n) is 7.22. The average molecular weight is 416 g/mol. The van der Waals surface area contributed by atoms with Crippen molar-refractivity contribution in [2.24, 2.45) is 5.92 Å². The van der Waals surface area contributed by atoms with Crippen molar-refractivity contribution in [2.75, 3.05) is 13.1 Å². The Labute approximate surface area is 167 Å². The van der Waals surface area contributed by atoms with E-state index in [1.807, 2.05) is 6.92 Å². The number of piperidine rings is 1. The lowest BCUT2D eigenvalue weighted by molar-refractivity contribution is -0.385. The van der Waals surface area contributed by atoms with Crippen LogP contribution in [-0.4, -0.2) is 40.9 Å². The molecule has 0 spiro atoms. The molecule has 0 amide bonds. The summed E-state index contributed by atoms with van der Waals surface area (Å²) in [4.78, 5) is 10.9. The normalized spacial score (nSPS) is 18.0. The standard InChI is InChI=1S/C19H20N4O5S/c1-13-3-2-8-22(12-13)29(26,27)16-6-7-19(18(10-16)23(24)25)28-15-5-4-14-11-20-21-17(14)9-15/h4-7,9-11,13H,2-3,8,12H2,1H3,(H,20,21). The third-order valence-corrected chi connectivity index (χ3v) is 6.89. The van der Waals surface area contributed by atoms with E-state index < -0.39 is 20.6 Å². The molecule has 1 aliphatic rings. The van der Waals surface area contributed by atoms with E-state index in [4.69, 9.17) is 4.74 Å². The minimum absolute atomic E-state index is 0.0279. The summed E-state index contributed by atoms with van der Waals surface area (Å²) >= 11 is 0. The number of rotatable bonds is 5. The summed E-state index contributed by atoms with van der Waals surface area (Å²) in [6.07, 6.45) is 3.40. The maximum absolute atomic E-state index is 12.9. The molecule has 152 valence electrons. The molecule has 29 heavy (non-hydrogen) atoms. The molecular formula is C19H20N4O5S. The van der Waals surface area contributed by atoms with E-state index in [0.29, 0.717) is 18.8 Å². The number of hydrogen-bond donors (Lipinski definition) is 1. The van der Waals surface area contributed by atoms with Crippen LogP contribution < -0.4 is 4.74 Å². The van der Waals surface area contributed by atoms with E-state index in [-0.39, 0.29) is 16.6 Å². The number of aromatic nitrogens is 2. The lowest BCUT2D eigenvalue weighted by Crippen LogP contribution is -2.39. The van der Waals surface area contributed by atoms with Gasteiger partial charge in [0.05, 0.1) is 21.5 Å². The molecule has 1 N–H and O–H groups in total. The summed E-state index contributed by atoms with van der Waals surface area (Å²) in [5.41, 5.74) is 0.324. The number of sulfonamides is 1. The maximum Gasteiger partial charge on any atom is 0.312 e. The molecular weight excluding hydrogens is 396 g/mol. The summed E-state index contributed by atoms with van der Waals surface area (Å²) < 4.78 is 33.0. The van der Waals surface area contributed by atoms with Gasteiger partial charge in [-0.2, -0.15) is 9.40 Å². The molecule has 1 aromatic heterocycles. The first kappa shape index (κ1) is 19.3. The molecule has 1 atom stereocenters. The summed E-state index contributed by atoms with van der Waals surface area (Å²) in [7, 11) is -3.80.